The van der Waals surface area contributed by atoms with Crippen molar-refractivity contribution in [1.29, 1.82) is 0 Å². The van der Waals surface area contributed by atoms with Crippen molar-refractivity contribution in [3.05, 3.63) is 105 Å². The molecule has 5 rings (SSSR count). The summed E-state index contributed by atoms with van der Waals surface area (Å²) < 4.78 is 1.31. The van der Waals surface area contributed by atoms with Crippen LogP contribution in [0, 0.1) is 0 Å². The maximum atomic E-state index is 13.6. The molecule has 1 saturated heterocycles. The van der Waals surface area contributed by atoms with Gasteiger partial charge in [0, 0.05) is 10.0 Å². The van der Waals surface area contributed by atoms with Gasteiger partial charge in [-0.05, 0) is 29.3 Å². The molecule has 32 heavy (non-hydrogen) atoms. The van der Waals surface area contributed by atoms with E-state index in [-0.39, 0.29) is 11.8 Å². The van der Waals surface area contributed by atoms with Gasteiger partial charge in [-0.3, -0.25) is 14.5 Å². The van der Waals surface area contributed by atoms with Crippen molar-refractivity contribution >= 4 is 67.3 Å². The first-order chi connectivity index (χ1) is 15.5. The summed E-state index contributed by atoms with van der Waals surface area (Å²) in [5, 5.41) is 0. The third-order valence-electron chi connectivity index (χ3n) is 5.42. The lowest BCUT2D eigenvalue weighted by Crippen LogP contribution is -2.29. The zero-order valence-corrected chi connectivity index (χ0v) is 20.0. The van der Waals surface area contributed by atoms with E-state index in [2.05, 4.69) is 15.9 Å². The molecule has 3 aromatic carbocycles. The first-order valence-corrected chi connectivity index (χ1v) is 12.0. The van der Waals surface area contributed by atoms with E-state index in [9.17, 15) is 9.59 Å². The molecule has 158 valence electrons. The lowest BCUT2D eigenvalue weighted by Gasteiger charge is -2.17. The minimum atomic E-state index is -0.223. The predicted octanol–water partition coefficient (Wildman–Crippen LogP) is 5.77. The Balaban J connectivity index is 1.55. The van der Waals surface area contributed by atoms with E-state index in [0.29, 0.717) is 27.9 Å². The smallest absolute Gasteiger partial charge is 0.267 e. The molecule has 1 fully saturated rings. The number of carbonyl (C=O) groups excluding carboxylic acids is 2. The second-order valence-electron chi connectivity index (χ2n) is 7.49. The molecule has 2 amide bonds. The largest absolute Gasteiger partial charge is 0.303 e. The normalized spacial score (nSPS) is 18.0. The number of anilines is 1. The molecule has 4 nitrogen and oxygen atoms in total. The zero-order chi connectivity index (χ0) is 22.2. The van der Waals surface area contributed by atoms with E-state index in [1.54, 1.807) is 9.80 Å². The third kappa shape index (κ3) is 3.81. The molecule has 0 N–H and O–H groups in total. The molecule has 0 radical (unpaired) electrons. The Morgan fingerprint density at radius 2 is 1.38 bits per heavy atom. The summed E-state index contributed by atoms with van der Waals surface area (Å²) in [5.74, 6) is -0.401. The average Bonchev–Trinajstić information content (AvgIpc) is 3.22. The van der Waals surface area contributed by atoms with Crippen LogP contribution in [0.15, 0.2) is 88.2 Å². The zero-order valence-electron chi connectivity index (χ0n) is 16.8. The van der Waals surface area contributed by atoms with Crippen molar-refractivity contribution in [2.75, 3.05) is 4.90 Å². The molecular weight excluding hydrogens is 504 g/mol. The van der Waals surface area contributed by atoms with Gasteiger partial charge < -0.3 is 4.90 Å². The van der Waals surface area contributed by atoms with Crippen LogP contribution in [0.5, 0.6) is 0 Å². The highest BCUT2D eigenvalue weighted by Crippen LogP contribution is 2.46. The maximum Gasteiger partial charge on any atom is 0.267 e. The number of amides is 2. The standard InChI is InChI=1S/C25H17BrN2O2S2/c26-18-11-12-20-19(13-18)21(23(29)27(20)14-16-7-3-1-4-8-16)22-24(30)28(25(31)32-22)15-17-9-5-2-6-10-17/h1-13H,14-15H2/b22-21-. The minimum absolute atomic E-state index is 0.179. The molecule has 0 bridgehead atoms. The van der Waals surface area contributed by atoms with E-state index in [1.165, 1.54) is 11.8 Å². The van der Waals surface area contributed by atoms with Crippen LogP contribution in [0.4, 0.5) is 5.69 Å². The molecule has 2 heterocycles. The van der Waals surface area contributed by atoms with Crippen molar-refractivity contribution in [2.24, 2.45) is 0 Å². The van der Waals surface area contributed by atoms with Crippen LogP contribution in [0.2, 0.25) is 0 Å². The van der Waals surface area contributed by atoms with Gasteiger partial charge in [-0.2, -0.15) is 0 Å². The molecular formula is C25H17BrN2O2S2. The van der Waals surface area contributed by atoms with Gasteiger partial charge >= 0.3 is 0 Å². The van der Waals surface area contributed by atoms with Crippen LogP contribution >= 0.6 is 39.9 Å². The number of hydrogen-bond acceptors (Lipinski definition) is 4. The van der Waals surface area contributed by atoms with Crippen LogP contribution in [-0.4, -0.2) is 21.0 Å². The van der Waals surface area contributed by atoms with Crippen molar-refractivity contribution in [3.8, 4) is 0 Å². The quantitative estimate of drug-likeness (QED) is 0.323. The van der Waals surface area contributed by atoms with Crippen molar-refractivity contribution in [1.82, 2.24) is 4.90 Å². The van der Waals surface area contributed by atoms with Gasteiger partial charge in [-0.25, -0.2) is 0 Å². The molecule has 0 atom stereocenters. The van der Waals surface area contributed by atoms with Gasteiger partial charge in [-0.1, -0.05) is 101 Å². The topological polar surface area (TPSA) is 40.6 Å². The fraction of sp³-hybridized carbons (Fsp3) is 0.0800. The first kappa shape index (κ1) is 21.1. The number of halogens is 1. The highest BCUT2D eigenvalue weighted by atomic mass is 79.9. The number of fused-ring (bicyclic) bond motifs is 1. The first-order valence-electron chi connectivity index (χ1n) is 10.0. The monoisotopic (exact) mass is 520 g/mol. The Hall–Kier alpha value is -2.74. The van der Waals surface area contributed by atoms with Gasteiger partial charge in [0.1, 0.15) is 4.32 Å². The molecule has 0 unspecified atom stereocenters. The lowest BCUT2D eigenvalue weighted by molar-refractivity contribution is -0.122. The number of benzene rings is 3. The maximum absolute atomic E-state index is 13.6. The second-order valence-corrected chi connectivity index (χ2v) is 10.0. The van der Waals surface area contributed by atoms with Crippen molar-refractivity contribution in [2.45, 2.75) is 13.1 Å². The summed E-state index contributed by atoms with van der Waals surface area (Å²) in [4.78, 5) is 30.7. The highest BCUT2D eigenvalue weighted by molar-refractivity contribution is 9.10. The Morgan fingerprint density at radius 1 is 0.781 bits per heavy atom. The molecule has 2 aliphatic heterocycles. The number of hydrogen-bond donors (Lipinski definition) is 0. The van der Waals surface area contributed by atoms with Gasteiger partial charge in [0.2, 0.25) is 0 Å². The molecule has 0 aliphatic carbocycles. The fourth-order valence-corrected chi connectivity index (χ4v) is 5.59. The number of nitrogens with zero attached hydrogens (tertiary/aromatic N) is 2. The van der Waals surface area contributed by atoms with Crippen LogP contribution in [0.25, 0.3) is 5.57 Å². The van der Waals surface area contributed by atoms with Crippen LogP contribution in [-0.2, 0) is 22.7 Å². The molecule has 3 aromatic rings. The number of carbonyl (C=O) groups is 2. The third-order valence-corrected chi connectivity index (χ3v) is 7.36. The van der Waals surface area contributed by atoms with E-state index in [1.807, 2.05) is 78.9 Å². The van der Waals surface area contributed by atoms with Gasteiger partial charge in [0.05, 0.1) is 29.3 Å². The Kier molecular flexibility index (Phi) is 5.71. The van der Waals surface area contributed by atoms with Crippen LogP contribution in [0.3, 0.4) is 0 Å². The summed E-state index contributed by atoms with van der Waals surface area (Å²) in [5.41, 5.74) is 3.98. The molecule has 0 saturated carbocycles. The van der Waals surface area contributed by atoms with Crippen molar-refractivity contribution in [3.63, 3.8) is 0 Å². The molecule has 0 spiro atoms. The van der Waals surface area contributed by atoms with Gasteiger partial charge in [0.25, 0.3) is 11.8 Å². The molecule has 0 aromatic heterocycles. The summed E-state index contributed by atoms with van der Waals surface area (Å²) in [6.07, 6.45) is 0. The van der Waals surface area contributed by atoms with Crippen LogP contribution in [0.1, 0.15) is 16.7 Å². The number of rotatable bonds is 4. The SMILES string of the molecule is O=C1/C(=C2/C(=O)N(Cc3ccccc3)c3ccc(Br)cc32)SC(=S)N1Cc1ccccc1. The second kappa shape index (κ2) is 8.65. The summed E-state index contributed by atoms with van der Waals surface area (Å²) >= 11 is 10.2. The van der Waals surface area contributed by atoms with Crippen LogP contribution < -0.4 is 4.90 Å². The van der Waals surface area contributed by atoms with E-state index in [0.717, 1.165) is 26.9 Å². The average molecular weight is 521 g/mol. The number of thioether (sulfide) groups is 1. The van der Waals surface area contributed by atoms with E-state index >= 15 is 0 Å². The Bertz CT molecular complexity index is 1280. The van der Waals surface area contributed by atoms with Gasteiger partial charge in [0.15, 0.2) is 0 Å². The van der Waals surface area contributed by atoms with Gasteiger partial charge in [-0.15, -0.1) is 0 Å². The van der Waals surface area contributed by atoms with E-state index in [4.69, 9.17) is 12.2 Å². The minimum Gasteiger partial charge on any atom is -0.303 e. The Labute approximate surface area is 204 Å². The summed E-state index contributed by atoms with van der Waals surface area (Å²) in [6, 6.07) is 25.3. The Morgan fingerprint density at radius 3 is 2.00 bits per heavy atom. The highest BCUT2D eigenvalue weighted by Gasteiger charge is 2.42. The lowest BCUT2D eigenvalue weighted by atomic mass is 10.1. The van der Waals surface area contributed by atoms with E-state index < -0.39 is 0 Å². The molecule has 7 heteroatoms. The van der Waals surface area contributed by atoms with Crippen molar-refractivity contribution < 1.29 is 9.59 Å². The predicted molar refractivity (Wildman–Crippen MR) is 136 cm³/mol. The summed E-state index contributed by atoms with van der Waals surface area (Å²) in [7, 11) is 0. The molecule has 2 aliphatic rings. The fourth-order valence-electron chi connectivity index (χ4n) is 3.90. The number of thiocarbonyl (C=S) groups is 1. The summed E-state index contributed by atoms with van der Waals surface area (Å²) in [6.45, 7) is 0.817.